The minimum atomic E-state index is -4.01. The van der Waals surface area contributed by atoms with Gasteiger partial charge < -0.3 is 10.1 Å². The van der Waals surface area contributed by atoms with Crippen molar-refractivity contribution in [1.29, 1.82) is 0 Å². The highest BCUT2D eigenvalue weighted by Gasteiger charge is 2.28. The van der Waals surface area contributed by atoms with E-state index in [1.807, 2.05) is 39.8 Å². The highest BCUT2D eigenvalue weighted by atomic mass is 32.2. The molecule has 0 bridgehead atoms. The van der Waals surface area contributed by atoms with Crippen molar-refractivity contribution >= 4 is 33.3 Å². The van der Waals surface area contributed by atoms with Crippen molar-refractivity contribution in [3.8, 4) is 0 Å². The van der Waals surface area contributed by atoms with Crippen LogP contribution in [0.5, 0.6) is 0 Å². The van der Waals surface area contributed by atoms with Gasteiger partial charge in [0.05, 0.1) is 22.8 Å². The van der Waals surface area contributed by atoms with Crippen LogP contribution in [0.4, 0.5) is 11.4 Å². The van der Waals surface area contributed by atoms with Gasteiger partial charge in [-0.3, -0.25) is 9.10 Å². The van der Waals surface area contributed by atoms with Crippen LogP contribution < -0.4 is 9.62 Å². The number of nitrogens with one attached hydrogen (secondary N) is 1. The summed E-state index contributed by atoms with van der Waals surface area (Å²) in [6, 6.07) is 18.2. The third-order valence-electron chi connectivity index (χ3n) is 5.65. The summed E-state index contributed by atoms with van der Waals surface area (Å²) < 4.78 is 33.5. The number of hydrogen-bond acceptors (Lipinski definition) is 5. The topological polar surface area (TPSA) is 92.8 Å². The van der Waals surface area contributed by atoms with E-state index in [1.54, 1.807) is 42.5 Å². The third kappa shape index (κ3) is 6.73. The van der Waals surface area contributed by atoms with E-state index in [-0.39, 0.29) is 4.90 Å². The average molecular weight is 509 g/mol. The van der Waals surface area contributed by atoms with Gasteiger partial charge in [0.15, 0.2) is 0 Å². The number of unbranched alkanes of at least 4 members (excludes halogenated alkanes) is 1. The fraction of sp³-hybridized carbons (Fsp3) is 0.286. The zero-order valence-electron chi connectivity index (χ0n) is 21.1. The Balaban J connectivity index is 1.82. The van der Waals surface area contributed by atoms with Crippen LogP contribution in [-0.4, -0.2) is 33.4 Å². The lowest BCUT2D eigenvalue weighted by molar-refractivity contribution is -0.114. The molecule has 0 spiro atoms. The number of amides is 1. The Morgan fingerprint density at radius 3 is 2.14 bits per heavy atom. The summed E-state index contributed by atoms with van der Waals surface area (Å²) in [5.41, 5.74) is 3.91. The molecule has 0 aliphatic carbocycles. The predicted molar refractivity (Wildman–Crippen MR) is 142 cm³/mol. The molecular weight excluding hydrogens is 476 g/mol. The number of rotatable bonds is 10. The number of aryl methyl sites for hydroxylation is 3. The number of esters is 1. The Bertz CT molecular complexity index is 1320. The summed E-state index contributed by atoms with van der Waals surface area (Å²) in [6.07, 6.45) is 1.72. The lowest BCUT2D eigenvalue weighted by Crippen LogP contribution is -2.38. The van der Waals surface area contributed by atoms with Crippen molar-refractivity contribution in [3.63, 3.8) is 0 Å². The minimum Gasteiger partial charge on any atom is -0.462 e. The Hall–Kier alpha value is -3.65. The van der Waals surface area contributed by atoms with Crippen molar-refractivity contribution in [3.05, 3.63) is 89.0 Å². The average Bonchev–Trinajstić information content (AvgIpc) is 2.84. The molecule has 1 N–H and O–H groups in total. The minimum absolute atomic E-state index is 0.104. The summed E-state index contributed by atoms with van der Waals surface area (Å²) >= 11 is 0. The molecule has 190 valence electrons. The van der Waals surface area contributed by atoms with Crippen LogP contribution >= 0.6 is 0 Å². The van der Waals surface area contributed by atoms with Crippen LogP contribution in [0.15, 0.2) is 71.6 Å². The fourth-order valence-electron chi connectivity index (χ4n) is 3.64. The van der Waals surface area contributed by atoms with Crippen molar-refractivity contribution in [2.45, 2.75) is 45.4 Å². The second-order valence-corrected chi connectivity index (χ2v) is 10.6. The van der Waals surface area contributed by atoms with Gasteiger partial charge in [0.2, 0.25) is 5.91 Å². The quantitative estimate of drug-likeness (QED) is 0.292. The number of carbonyl (C=O) groups excluding carboxylic acids is 2. The summed E-state index contributed by atoms with van der Waals surface area (Å²) in [4.78, 5) is 25.2. The molecule has 3 rings (SSSR count). The van der Waals surface area contributed by atoms with Gasteiger partial charge in [-0.25, -0.2) is 13.2 Å². The van der Waals surface area contributed by atoms with Crippen molar-refractivity contribution < 1.29 is 22.7 Å². The van der Waals surface area contributed by atoms with Crippen LogP contribution in [0.25, 0.3) is 0 Å². The molecule has 0 radical (unpaired) electrons. The first kappa shape index (κ1) is 26.9. The van der Waals surface area contributed by atoms with Gasteiger partial charge in [0.25, 0.3) is 10.0 Å². The van der Waals surface area contributed by atoms with Crippen LogP contribution in [0, 0.1) is 20.8 Å². The van der Waals surface area contributed by atoms with E-state index in [9.17, 15) is 18.0 Å². The first-order chi connectivity index (χ1) is 17.1. The van der Waals surface area contributed by atoms with Gasteiger partial charge in [-0.1, -0.05) is 48.7 Å². The third-order valence-corrected chi connectivity index (χ3v) is 7.43. The number of sulfonamides is 1. The normalized spacial score (nSPS) is 11.1. The maximum absolute atomic E-state index is 13.6. The van der Waals surface area contributed by atoms with E-state index in [2.05, 4.69) is 5.32 Å². The van der Waals surface area contributed by atoms with E-state index in [4.69, 9.17) is 4.74 Å². The van der Waals surface area contributed by atoms with Crippen molar-refractivity contribution in [2.75, 3.05) is 22.8 Å². The van der Waals surface area contributed by atoms with E-state index in [0.717, 1.165) is 33.8 Å². The number of benzene rings is 3. The zero-order chi connectivity index (χ0) is 26.3. The Labute approximate surface area is 213 Å². The monoisotopic (exact) mass is 508 g/mol. The second kappa shape index (κ2) is 11.9. The zero-order valence-corrected chi connectivity index (χ0v) is 21.9. The summed E-state index contributed by atoms with van der Waals surface area (Å²) in [7, 11) is -4.01. The Morgan fingerprint density at radius 2 is 1.53 bits per heavy atom. The molecule has 36 heavy (non-hydrogen) atoms. The van der Waals surface area contributed by atoms with Gasteiger partial charge in [0.1, 0.15) is 6.54 Å². The van der Waals surface area contributed by atoms with Gasteiger partial charge in [-0.15, -0.1) is 0 Å². The van der Waals surface area contributed by atoms with Gasteiger partial charge in [-0.05, 0) is 75.2 Å². The van der Waals surface area contributed by atoms with Gasteiger partial charge in [0, 0.05) is 5.69 Å². The molecular formula is C28H32N2O5S. The van der Waals surface area contributed by atoms with Gasteiger partial charge in [-0.2, -0.15) is 0 Å². The van der Waals surface area contributed by atoms with Crippen molar-refractivity contribution in [2.24, 2.45) is 0 Å². The molecule has 3 aromatic carbocycles. The molecule has 0 aliphatic rings. The SMILES string of the molecule is CCCCOC(=O)c1ccc(NC(=O)CN(c2ccc(C)cc2C)S(=O)(=O)c2ccc(C)cc2)cc1. The number of ether oxygens (including phenoxy) is 1. The summed E-state index contributed by atoms with van der Waals surface area (Å²) in [5.74, 6) is -0.935. The lowest BCUT2D eigenvalue weighted by Gasteiger charge is -2.26. The molecule has 0 saturated heterocycles. The Morgan fingerprint density at radius 1 is 0.889 bits per heavy atom. The van der Waals surface area contributed by atoms with Crippen LogP contribution in [0.2, 0.25) is 0 Å². The largest absolute Gasteiger partial charge is 0.462 e. The maximum Gasteiger partial charge on any atom is 0.338 e. The summed E-state index contributed by atoms with van der Waals surface area (Å²) in [6.45, 7) is 7.57. The fourth-order valence-corrected chi connectivity index (χ4v) is 5.12. The number of hydrogen-bond donors (Lipinski definition) is 1. The first-order valence-electron chi connectivity index (χ1n) is 11.9. The molecule has 8 heteroatoms. The number of nitrogens with zero attached hydrogens (tertiary/aromatic N) is 1. The second-order valence-electron chi connectivity index (χ2n) is 8.73. The van der Waals surface area contributed by atoms with Crippen LogP contribution in [-0.2, 0) is 19.6 Å². The smallest absolute Gasteiger partial charge is 0.338 e. The van der Waals surface area contributed by atoms with Crippen molar-refractivity contribution in [1.82, 2.24) is 0 Å². The van der Waals surface area contributed by atoms with E-state index in [1.165, 1.54) is 12.1 Å². The van der Waals surface area contributed by atoms with E-state index in [0.29, 0.717) is 23.5 Å². The van der Waals surface area contributed by atoms with Gasteiger partial charge >= 0.3 is 5.97 Å². The predicted octanol–water partition coefficient (Wildman–Crippen LogP) is 5.40. The van der Waals surface area contributed by atoms with E-state index >= 15 is 0 Å². The molecule has 3 aromatic rings. The molecule has 1 amide bonds. The molecule has 0 heterocycles. The molecule has 0 fully saturated rings. The standard InChI is InChI=1S/C28H32N2O5S/c1-5-6-17-35-28(32)23-10-12-24(13-11-23)29-27(31)19-30(26-16-9-21(3)18-22(26)4)36(33,34)25-14-7-20(2)8-15-25/h7-16,18H,5-6,17,19H2,1-4H3,(H,29,31). The number of anilines is 2. The Kier molecular flexibility index (Phi) is 8.88. The highest BCUT2D eigenvalue weighted by molar-refractivity contribution is 7.92. The molecule has 0 aliphatic heterocycles. The summed E-state index contributed by atoms with van der Waals surface area (Å²) in [5, 5.41) is 2.73. The highest BCUT2D eigenvalue weighted by Crippen LogP contribution is 2.28. The van der Waals surface area contributed by atoms with Crippen LogP contribution in [0.1, 0.15) is 46.8 Å². The number of carbonyl (C=O) groups is 2. The van der Waals surface area contributed by atoms with Crippen LogP contribution in [0.3, 0.4) is 0 Å². The first-order valence-corrected chi connectivity index (χ1v) is 13.3. The molecule has 0 saturated carbocycles. The molecule has 0 atom stereocenters. The lowest BCUT2D eigenvalue weighted by atomic mass is 10.1. The molecule has 7 nitrogen and oxygen atoms in total. The maximum atomic E-state index is 13.6. The van der Waals surface area contributed by atoms with E-state index < -0.39 is 28.4 Å². The molecule has 0 unspecified atom stereocenters. The molecule has 0 aromatic heterocycles.